The number of hydrogen-bond donors (Lipinski definition) is 1. The minimum absolute atomic E-state index is 0.00959. The van der Waals surface area contributed by atoms with Crippen LogP contribution in [0.1, 0.15) is 55.9 Å². The van der Waals surface area contributed by atoms with Gasteiger partial charge in [-0.2, -0.15) is 0 Å². The molecule has 0 saturated carbocycles. The number of carboxylic acid groups (broad SMARTS) is 1. The first-order valence-electron chi connectivity index (χ1n) is 12.1. The molecule has 5 rings (SSSR count). The van der Waals surface area contributed by atoms with Crippen LogP contribution in [-0.4, -0.2) is 47.4 Å². The van der Waals surface area contributed by atoms with Crippen LogP contribution in [0.4, 0.5) is 0 Å². The third-order valence-corrected chi connectivity index (χ3v) is 7.59. The summed E-state index contributed by atoms with van der Waals surface area (Å²) in [6, 6.07) is 14.6. The second kappa shape index (κ2) is 9.08. The number of nitrogens with zero attached hydrogens (tertiary/aromatic N) is 1. The van der Waals surface area contributed by atoms with Crippen molar-refractivity contribution in [3.63, 3.8) is 0 Å². The number of methoxy groups -OCH3 is 1. The molecule has 0 aliphatic carbocycles. The number of aliphatic carboxylic acids is 1. The summed E-state index contributed by atoms with van der Waals surface area (Å²) in [6.45, 7) is 6.24. The van der Waals surface area contributed by atoms with Crippen molar-refractivity contribution >= 4 is 12.0 Å². The van der Waals surface area contributed by atoms with Gasteiger partial charge in [0, 0.05) is 30.1 Å². The quantitative estimate of drug-likeness (QED) is 0.624. The summed E-state index contributed by atoms with van der Waals surface area (Å²) in [5, 5.41) is 8.83. The van der Waals surface area contributed by atoms with Crippen molar-refractivity contribution in [3.05, 3.63) is 65.2 Å². The van der Waals surface area contributed by atoms with Gasteiger partial charge in [-0.25, -0.2) is 4.79 Å². The van der Waals surface area contributed by atoms with Gasteiger partial charge in [0.15, 0.2) is 11.5 Å². The lowest BCUT2D eigenvalue weighted by Gasteiger charge is -2.54. The molecule has 180 valence electrons. The average molecular weight is 464 g/mol. The fourth-order valence-electron chi connectivity index (χ4n) is 5.85. The SMILES string of the molecule is COc1cccc2c1OC(C)(C)[C@@H]1C[C@@H]3[C@@H](CCCN3Cc3ccc(/C=C/C(=O)O)cc3)O[C@@H]21. The molecule has 3 heterocycles. The third kappa shape index (κ3) is 4.32. The Bertz CT molecular complexity index is 1080. The number of ether oxygens (including phenoxy) is 3. The van der Waals surface area contributed by atoms with Crippen LogP contribution in [0.5, 0.6) is 11.5 Å². The first-order chi connectivity index (χ1) is 16.4. The maximum Gasteiger partial charge on any atom is 0.328 e. The molecular formula is C28H33NO5. The molecule has 1 N–H and O–H groups in total. The van der Waals surface area contributed by atoms with Crippen molar-refractivity contribution in [2.45, 2.75) is 63.5 Å². The van der Waals surface area contributed by atoms with Crippen LogP contribution in [0, 0.1) is 5.92 Å². The van der Waals surface area contributed by atoms with Gasteiger partial charge in [-0.1, -0.05) is 36.4 Å². The van der Waals surface area contributed by atoms with Crippen LogP contribution in [0.25, 0.3) is 6.08 Å². The van der Waals surface area contributed by atoms with E-state index in [4.69, 9.17) is 19.3 Å². The number of para-hydroxylation sites is 1. The summed E-state index contributed by atoms with van der Waals surface area (Å²) in [7, 11) is 1.68. The summed E-state index contributed by atoms with van der Waals surface area (Å²) in [6.07, 6.45) is 6.21. The van der Waals surface area contributed by atoms with Crippen LogP contribution in [0.15, 0.2) is 48.5 Å². The number of carboxylic acids is 1. The smallest absolute Gasteiger partial charge is 0.328 e. The molecule has 34 heavy (non-hydrogen) atoms. The minimum atomic E-state index is -0.935. The number of benzene rings is 2. The van der Waals surface area contributed by atoms with Crippen molar-refractivity contribution in [3.8, 4) is 11.5 Å². The van der Waals surface area contributed by atoms with E-state index < -0.39 is 5.97 Å². The van der Waals surface area contributed by atoms with Gasteiger partial charge >= 0.3 is 5.97 Å². The van der Waals surface area contributed by atoms with Gasteiger partial charge in [0.1, 0.15) is 5.60 Å². The minimum Gasteiger partial charge on any atom is -0.493 e. The Morgan fingerprint density at radius 2 is 2.03 bits per heavy atom. The maximum atomic E-state index is 10.8. The normalized spacial score (nSPS) is 27.9. The lowest BCUT2D eigenvalue weighted by Crippen LogP contribution is -2.58. The lowest BCUT2D eigenvalue weighted by molar-refractivity contribution is -0.190. The Morgan fingerprint density at radius 3 is 2.76 bits per heavy atom. The van der Waals surface area contributed by atoms with Gasteiger partial charge in [-0.05, 0) is 62.9 Å². The van der Waals surface area contributed by atoms with Crippen molar-refractivity contribution in [2.75, 3.05) is 13.7 Å². The molecule has 2 aromatic rings. The largest absolute Gasteiger partial charge is 0.493 e. The molecule has 3 aliphatic rings. The Labute approximate surface area is 201 Å². The van der Waals surface area contributed by atoms with Crippen LogP contribution < -0.4 is 9.47 Å². The van der Waals surface area contributed by atoms with E-state index in [2.05, 4.69) is 36.9 Å². The molecule has 2 fully saturated rings. The van der Waals surface area contributed by atoms with E-state index in [1.165, 1.54) is 11.6 Å². The molecule has 0 radical (unpaired) electrons. The molecule has 0 aromatic heterocycles. The van der Waals surface area contributed by atoms with E-state index in [9.17, 15) is 4.79 Å². The van der Waals surface area contributed by atoms with E-state index in [-0.39, 0.29) is 23.7 Å². The molecule has 2 aromatic carbocycles. The second-order valence-electron chi connectivity index (χ2n) is 10.1. The molecular weight excluding hydrogens is 430 g/mol. The Balaban J connectivity index is 1.36. The molecule has 4 atom stereocenters. The summed E-state index contributed by atoms with van der Waals surface area (Å²) in [4.78, 5) is 13.3. The predicted octanol–water partition coefficient (Wildman–Crippen LogP) is 5.07. The highest BCUT2D eigenvalue weighted by Crippen LogP contribution is 2.54. The average Bonchev–Trinajstić information content (AvgIpc) is 2.82. The predicted molar refractivity (Wildman–Crippen MR) is 130 cm³/mol. The second-order valence-corrected chi connectivity index (χ2v) is 10.1. The van der Waals surface area contributed by atoms with E-state index in [1.807, 2.05) is 24.3 Å². The molecule has 3 aliphatic heterocycles. The van der Waals surface area contributed by atoms with Gasteiger partial charge in [0.05, 0.1) is 19.3 Å². The molecule has 0 amide bonds. The van der Waals surface area contributed by atoms with Gasteiger partial charge in [0.25, 0.3) is 0 Å². The molecule has 2 saturated heterocycles. The number of piperidine rings is 1. The molecule has 0 unspecified atom stereocenters. The highest BCUT2D eigenvalue weighted by molar-refractivity contribution is 5.85. The van der Waals surface area contributed by atoms with E-state index in [0.717, 1.165) is 55.0 Å². The number of carbonyl (C=O) groups is 1. The van der Waals surface area contributed by atoms with Crippen molar-refractivity contribution in [1.29, 1.82) is 0 Å². The fourth-order valence-corrected chi connectivity index (χ4v) is 5.85. The lowest BCUT2D eigenvalue weighted by atomic mass is 9.72. The number of hydrogen-bond acceptors (Lipinski definition) is 5. The highest BCUT2D eigenvalue weighted by atomic mass is 16.5. The molecule has 6 nitrogen and oxygen atoms in total. The maximum absolute atomic E-state index is 10.8. The summed E-state index contributed by atoms with van der Waals surface area (Å²) in [5.41, 5.74) is 2.86. The van der Waals surface area contributed by atoms with Gasteiger partial charge in [-0.15, -0.1) is 0 Å². The van der Waals surface area contributed by atoms with Crippen LogP contribution in [0.2, 0.25) is 0 Å². The fraction of sp³-hybridized carbons (Fsp3) is 0.464. The van der Waals surface area contributed by atoms with E-state index >= 15 is 0 Å². The van der Waals surface area contributed by atoms with Crippen LogP contribution in [-0.2, 0) is 16.1 Å². The van der Waals surface area contributed by atoms with Crippen molar-refractivity contribution in [1.82, 2.24) is 4.90 Å². The highest BCUT2D eigenvalue weighted by Gasteiger charge is 2.52. The first-order valence-corrected chi connectivity index (χ1v) is 12.1. The molecule has 0 spiro atoms. The standard InChI is InChI=1S/C28H33NO5/c1-28(2)21-16-22-23(33-26(21)20-6-4-7-24(32-3)27(20)34-28)8-5-15-29(22)17-19-11-9-18(10-12-19)13-14-25(30)31/h4,6-7,9-14,21-23,26H,5,8,15-17H2,1-3H3,(H,30,31)/b14-13+/t21-,22-,23-,26+/m1/s1. The van der Waals surface area contributed by atoms with Gasteiger partial charge in [0.2, 0.25) is 0 Å². The zero-order chi connectivity index (χ0) is 23.9. The number of fused-ring (bicyclic) bond motifs is 4. The zero-order valence-corrected chi connectivity index (χ0v) is 20.1. The summed E-state index contributed by atoms with van der Waals surface area (Å²) < 4.78 is 19.0. The number of rotatable bonds is 5. The molecule has 6 heteroatoms. The zero-order valence-electron chi connectivity index (χ0n) is 20.1. The Hall–Kier alpha value is -2.83. The van der Waals surface area contributed by atoms with E-state index in [1.54, 1.807) is 13.2 Å². The number of likely N-dealkylation sites (tertiary alicyclic amines) is 1. The molecule has 0 bridgehead atoms. The topological polar surface area (TPSA) is 68.2 Å². The van der Waals surface area contributed by atoms with Crippen LogP contribution >= 0.6 is 0 Å². The van der Waals surface area contributed by atoms with E-state index in [0.29, 0.717) is 6.04 Å². The van der Waals surface area contributed by atoms with Crippen LogP contribution in [0.3, 0.4) is 0 Å². The first kappa shape index (κ1) is 22.9. The van der Waals surface area contributed by atoms with Gasteiger partial charge < -0.3 is 19.3 Å². The Morgan fingerprint density at radius 1 is 1.24 bits per heavy atom. The van der Waals surface area contributed by atoms with Gasteiger partial charge in [-0.3, -0.25) is 4.90 Å². The summed E-state index contributed by atoms with van der Waals surface area (Å²) >= 11 is 0. The van der Waals surface area contributed by atoms with Crippen molar-refractivity contribution < 1.29 is 24.1 Å². The monoisotopic (exact) mass is 463 g/mol. The Kier molecular flexibility index (Phi) is 6.13. The summed E-state index contributed by atoms with van der Waals surface area (Å²) in [5.74, 6) is 0.897. The third-order valence-electron chi connectivity index (χ3n) is 7.59. The van der Waals surface area contributed by atoms with Crippen molar-refractivity contribution in [2.24, 2.45) is 5.92 Å².